The second-order valence-electron chi connectivity index (χ2n) is 5.67. The van der Waals surface area contributed by atoms with Gasteiger partial charge in [0.1, 0.15) is 5.75 Å². The van der Waals surface area contributed by atoms with E-state index in [1.807, 2.05) is 25.1 Å². The summed E-state index contributed by atoms with van der Waals surface area (Å²) in [5, 5.41) is 9.14. The van der Waals surface area contributed by atoms with Gasteiger partial charge in [-0.2, -0.15) is 0 Å². The van der Waals surface area contributed by atoms with Crippen LogP contribution < -0.4 is 4.74 Å². The molecule has 0 saturated carbocycles. The number of nitrogens with zero attached hydrogens (tertiary/aromatic N) is 1. The largest absolute Gasteiger partial charge is 0.481 e. The molecule has 1 N–H and O–H groups in total. The quantitative estimate of drug-likeness (QED) is 0.938. The average Bonchev–Trinajstić information content (AvgIpc) is 3.14. The zero-order valence-corrected chi connectivity index (χ0v) is 12.6. The van der Waals surface area contributed by atoms with Gasteiger partial charge in [-0.3, -0.25) is 9.59 Å². The molecule has 2 heterocycles. The van der Waals surface area contributed by atoms with E-state index in [4.69, 9.17) is 14.3 Å². The van der Waals surface area contributed by atoms with Crippen molar-refractivity contribution in [3.8, 4) is 11.7 Å². The van der Waals surface area contributed by atoms with Gasteiger partial charge in [0.2, 0.25) is 0 Å². The number of aliphatic carboxylic acids is 1. The fourth-order valence-corrected chi connectivity index (χ4v) is 2.70. The van der Waals surface area contributed by atoms with Crippen molar-refractivity contribution in [2.75, 3.05) is 13.1 Å². The van der Waals surface area contributed by atoms with Crippen LogP contribution in [-0.4, -0.2) is 35.0 Å². The summed E-state index contributed by atoms with van der Waals surface area (Å²) in [6, 6.07) is 12.2. The van der Waals surface area contributed by atoms with E-state index in [1.165, 1.54) is 4.90 Å². The molecule has 0 aliphatic carbocycles. The maximum Gasteiger partial charge on any atom is 0.308 e. The van der Waals surface area contributed by atoms with Crippen LogP contribution in [-0.2, 0) is 4.79 Å². The molecule has 1 fully saturated rings. The highest BCUT2D eigenvalue weighted by molar-refractivity contribution is 5.92. The second kappa shape index (κ2) is 6.16. The molecule has 1 saturated heterocycles. The van der Waals surface area contributed by atoms with Crippen LogP contribution in [0.5, 0.6) is 11.7 Å². The van der Waals surface area contributed by atoms with Crippen molar-refractivity contribution in [2.24, 2.45) is 11.8 Å². The summed E-state index contributed by atoms with van der Waals surface area (Å²) in [6.45, 7) is 2.44. The second-order valence-corrected chi connectivity index (χ2v) is 5.67. The number of carbonyl (C=O) groups is 2. The number of ether oxygens (including phenoxy) is 1. The molecular formula is C17H17NO5. The normalized spacial score (nSPS) is 20.5. The zero-order chi connectivity index (χ0) is 16.4. The summed E-state index contributed by atoms with van der Waals surface area (Å²) >= 11 is 0. The standard InChI is InChI=1S/C17H17NO5/c1-11-9-18(10-13(11)17(20)21)16(19)14-7-8-15(23-14)22-12-5-3-2-4-6-12/h2-8,11,13H,9-10H2,1H3,(H,20,21)/t11-,13-/m1/s1. The van der Waals surface area contributed by atoms with Crippen molar-refractivity contribution >= 4 is 11.9 Å². The molecular weight excluding hydrogens is 298 g/mol. The first kappa shape index (κ1) is 15.1. The molecule has 3 rings (SSSR count). The molecule has 6 heteroatoms. The number of carbonyl (C=O) groups excluding carboxylic acids is 1. The molecule has 6 nitrogen and oxygen atoms in total. The highest BCUT2D eigenvalue weighted by atomic mass is 16.6. The van der Waals surface area contributed by atoms with Crippen molar-refractivity contribution in [1.29, 1.82) is 0 Å². The molecule has 1 aromatic heterocycles. The first-order valence-electron chi connectivity index (χ1n) is 7.39. The number of benzene rings is 1. The predicted molar refractivity (Wildman–Crippen MR) is 81.4 cm³/mol. The Kier molecular flexibility index (Phi) is 4.06. The predicted octanol–water partition coefficient (Wildman–Crippen LogP) is 2.86. The lowest BCUT2D eigenvalue weighted by Gasteiger charge is -2.13. The first-order chi connectivity index (χ1) is 11.0. The fraction of sp³-hybridized carbons (Fsp3) is 0.294. The van der Waals surface area contributed by atoms with Gasteiger partial charge in [-0.25, -0.2) is 0 Å². The number of hydrogen-bond donors (Lipinski definition) is 1. The van der Waals surface area contributed by atoms with E-state index in [0.717, 1.165) is 0 Å². The third-order valence-electron chi connectivity index (χ3n) is 3.97. The molecule has 0 bridgehead atoms. The Morgan fingerprint density at radius 2 is 1.91 bits per heavy atom. The molecule has 120 valence electrons. The van der Waals surface area contributed by atoms with Crippen molar-refractivity contribution in [2.45, 2.75) is 6.92 Å². The van der Waals surface area contributed by atoms with E-state index in [0.29, 0.717) is 12.3 Å². The van der Waals surface area contributed by atoms with Crippen LogP contribution >= 0.6 is 0 Å². The summed E-state index contributed by atoms with van der Waals surface area (Å²) in [7, 11) is 0. The van der Waals surface area contributed by atoms with E-state index >= 15 is 0 Å². The van der Waals surface area contributed by atoms with Crippen molar-refractivity contribution in [3.05, 3.63) is 48.2 Å². The summed E-state index contributed by atoms with van der Waals surface area (Å²) in [5.74, 6) is -0.818. The van der Waals surface area contributed by atoms with Crippen LogP contribution in [0.2, 0.25) is 0 Å². The topological polar surface area (TPSA) is 80.0 Å². The molecule has 1 aliphatic rings. The molecule has 1 amide bonds. The van der Waals surface area contributed by atoms with Gasteiger partial charge >= 0.3 is 5.97 Å². The number of para-hydroxylation sites is 1. The van der Waals surface area contributed by atoms with E-state index < -0.39 is 11.9 Å². The van der Waals surface area contributed by atoms with Crippen LogP contribution in [0.3, 0.4) is 0 Å². The lowest BCUT2D eigenvalue weighted by Crippen LogP contribution is -2.29. The van der Waals surface area contributed by atoms with E-state index in [2.05, 4.69) is 0 Å². The summed E-state index contributed by atoms with van der Waals surface area (Å²) in [4.78, 5) is 25.1. The van der Waals surface area contributed by atoms with Crippen LogP contribution in [0.15, 0.2) is 46.9 Å². The molecule has 1 aromatic carbocycles. The van der Waals surface area contributed by atoms with E-state index in [1.54, 1.807) is 24.3 Å². The van der Waals surface area contributed by atoms with Crippen LogP contribution in [0, 0.1) is 11.8 Å². The lowest BCUT2D eigenvalue weighted by atomic mass is 9.99. The molecule has 2 atom stereocenters. The minimum atomic E-state index is -0.875. The number of furan rings is 1. The summed E-state index contributed by atoms with van der Waals surface area (Å²) in [5.41, 5.74) is 0. The third kappa shape index (κ3) is 3.21. The third-order valence-corrected chi connectivity index (χ3v) is 3.97. The zero-order valence-electron chi connectivity index (χ0n) is 12.6. The number of carboxylic acids is 1. The van der Waals surface area contributed by atoms with Crippen LogP contribution in [0.4, 0.5) is 0 Å². The minimum absolute atomic E-state index is 0.0774. The monoisotopic (exact) mass is 315 g/mol. The lowest BCUT2D eigenvalue weighted by molar-refractivity contribution is -0.142. The number of rotatable bonds is 4. The van der Waals surface area contributed by atoms with Crippen LogP contribution in [0.25, 0.3) is 0 Å². The minimum Gasteiger partial charge on any atom is -0.481 e. The Morgan fingerprint density at radius 1 is 1.17 bits per heavy atom. The average molecular weight is 315 g/mol. The van der Waals surface area contributed by atoms with Crippen molar-refractivity contribution in [3.63, 3.8) is 0 Å². The molecule has 0 spiro atoms. The number of amides is 1. The van der Waals surface area contributed by atoms with Gasteiger partial charge in [0, 0.05) is 19.2 Å². The number of carboxylic acid groups (broad SMARTS) is 1. The van der Waals surface area contributed by atoms with Gasteiger partial charge in [-0.1, -0.05) is 25.1 Å². The highest BCUT2D eigenvalue weighted by Crippen LogP contribution is 2.27. The molecule has 23 heavy (non-hydrogen) atoms. The summed E-state index contributed by atoms with van der Waals surface area (Å²) in [6.07, 6.45) is 0. The van der Waals surface area contributed by atoms with Gasteiger partial charge in [-0.05, 0) is 24.1 Å². The maximum absolute atomic E-state index is 12.4. The first-order valence-corrected chi connectivity index (χ1v) is 7.39. The Bertz CT molecular complexity index is 709. The van der Waals surface area contributed by atoms with Gasteiger partial charge in [0.05, 0.1) is 5.92 Å². The number of likely N-dealkylation sites (tertiary alicyclic amines) is 1. The Balaban J connectivity index is 1.68. The molecule has 0 radical (unpaired) electrons. The molecule has 0 unspecified atom stereocenters. The SMILES string of the molecule is C[C@@H]1CN(C(=O)c2ccc(Oc3ccccc3)o2)C[C@H]1C(=O)O. The molecule has 2 aromatic rings. The van der Waals surface area contributed by atoms with Gasteiger partial charge in [0.15, 0.2) is 5.76 Å². The maximum atomic E-state index is 12.4. The van der Waals surface area contributed by atoms with Crippen molar-refractivity contribution < 1.29 is 23.8 Å². The van der Waals surface area contributed by atoms with Crippen LogP contribution in [0.1, 0.15) is 17.5 Å². The van der Waals surface area contributed by atoms with Crippen molar-refractivity contribution in [1.82, 2.24) is 4.90 Å². The van der Waals surface area contributed by atoms with Gasteiger partial charge in [-0.15, -0.1) is 0 Å². The van der Waals surface area contributed by atoms with Gasteiger partial charge in [0.25, 0.3) is 11.9 Å². The Hall–Kier alpha value is -2.76. The fourth-order valence-electron chi connectivity index (χ4n) is 2.70. The van der Waals surface area contributed by atoms with E-state index in [-0.39, 0.29) is 30.1 Å². The highest BCUT2D eigenvalue weighted by Gasteiger charge is 2.38. The molecule has 1 aliphatic heterocycles. The van der Waals surface area contributed by atoms with Gasteiger partial charge < -0.3 is 19.2 Å². The Labute approximate surface area is 133 Å². The van der Waals surface area contributed by atoms with E-state index in [9.17, 15) is 9.59 Å². The number of hydrogen-bond acceptors (Lipinski definition) is 4. The smallest absolute Gasteiger partial charge is 0.308 e. The Morgan fingerprint density at radius 3 is 2.57 bits per heavy atom. The summed E-state index contributed by atoms with van der Waals surface area (Å²) < 4.78 is 11.0.